The molecule has 1 aliphatic rings. The van der Waals surface area contributed by atoms with E-state index in [2.05, 4.69) is 46.4 Å². The highest BCUT2D eigenvalue weighted by atomic mass is 16.5. The van der Waals surface area contributed by atoms with Gasteiger partial charge in [0.05, 0.1) is 6.61 Å². The fraction of sp³-hybridized carbons (Fsp3) is 0.444. The van der Waals surface area contributed by atoms with E-state index in [1.54, 1.807) is 18.2 Å². The summed E-state index contributed by atoms with van der Waals surface area (Å²) in [5.74, 6) is 0. The Kier molecular flexibility index (Phi) is 4.73. The van der Waals surface area contributed by atoms with E-state index in [1.807, 2.05) is 0 Å². The predicted octanol–water partition coefficient (Wildman–Crippen LogP) is 2.76. The molecule has 0 spiro atoms. The molecule has 1 aromatic carbocycles. The number of aryl methyl sites for hydroxylation is 2. The van der Waals surface area contributed by atoms with E-state index in [0.717, 1.165) is 26.2 Å². The molecular weight excluding hydrogens is 260 g/mol. The van der Waals surface area contributed by atoms with Crippen molar-refractivity contribution in [1.29, 1.82) is 0 Å². The van der Waals surface area contributed by atoms with Crippen LogP contribution in [0.5, 0.6) is 0 Å². The number of methoxy groups -OCH3 is 1. The molecule has 0 fully saturated rings. The van der Waals surface area contributed by atoms with Gasteiger partial charge < -0.3 is 14.6 Å². The number of rotatable bonds is 7. The molecule has 3 rings (SSSR count). The Bertz CT molecular complexity index is 589. The highest BCUT2D eigenvalue weighted by Gasteiger charge is 2.11. The summed E-state index contributed by atoms with van der Waals surface area (Å²) >= 11 is 0. The molecule has 112 valence electrons. The quantitative estimate of drug-likeness (QED) is 0.791. The molecule has 0 unspecified atom stereocenters. The third-order valence-corrected chi connectivity index (χ3v) is 4.23. The van der Waals surface area contributed by atoms with Crippen LogP contribution in [0.25, 0.3) is 0 Å². The lowest BCUT2D eigenvalue weighted by atomic mass is 10.1. The lowest BCUT2D eigenvalue weighted by molar-refractivity contribution is 0.199. The monoisotopic (exact) mass is 284 g/mol. The summed E-state index contributed by atoms with van der Waals surface area (Å²) in [4.78, 5) is 0. The Morgan fingerprint density at radius 3 is 3.00 bits per heavy atom. The van der Waals surface area contributed by atoms with Gasteiger partial charge in [0.1, 0.15) is 0 Å². The molecule has 3 nitrogen and oxygen atoms in total. The number of aromatic nitrogens is 1. The Hall–Kier alpha value is -1.58. The highest BCUT2D eigenvalue weighted by Crippen LogP contribution is 2.23. The summed E-state index contributed by atoms with van der Waals surface area (Å²) in [5, 5.41) is 3.41. The molecule has 0 radical (unpaired) electrons. The van der Waals surface area contributed by atoms with Gasteiger partial charge in [-0.05, 0) is 48.1 Å². The van der Waals surface area contributed by atoms with Crippen LogP contribution in [0.3, 0.4) is 0 Å². The van der Waals surface area contributed by atoms with Crippen molar-refractivity contribution in [2.75, 3.05) is 20.3 Å². The smallest absolute Gasteiger partial charge is 0.0587 e. The Morgan fingerprint density at radius 1 is 1.19 bits per heavy atom. The molecule has 1 N–H and O–H groups in total. The van der Waals surface area contributed by atoms with E-state index in [1.165, 1.54) is 30.5 Å². The maximum Gasteiger partial charge on any atom is 0.0587 e. The second-order valence-electron chi connectivity index (χ2n) is 5.75. The molecule has 3 heteroatoms. The van der Waals surface area contributed by atoms with E-state index in [4.69, 9.17) is 4.74 Å². The first-order valence-electron chi connectivity index (χ1n) is 7.81. The Balaban J connectivity index is 1.64. The molecule has 1 heterocycles. The summed E-state index contributed by atoms with van der Waals surface area (Å²) in [5.41, 5.74) is 5.84. The van der Waals surface area contributed by atoms with Crippen LogP contribution < -0.4 is 5.32 Å². The zero-order valence-corrected chi connectivity index (χ0v) is 12.8. The molecule has 21 heavy (non-hydrogen) atoms. The fourth-order valence-electron chi connectivity index (χ4n) is 3.08. The van der Waals surface area contributed by atoms with Gasteiger partial charge >= 0.3 is 0 Å². The van der Waals surface area contributed by atoms with Gasteiger partial charge in [-0.15, -0.1) is 0 Å². The molecular formula is C18H24N2O. The van der Waals surface area contributed by atoms with Crippen molar-refractivity contribution in [2.24, 2.45) is 0 Å². The Labute approximate surface area is 126 Å². The third-order valence-electron chi connectivity index (χ3n) is 4.23. The SMILES string of the molecule is COCCNCc1cccn1Cc1ccc2c(c1)CCC2. The van der Waals surface area contributed by atoms with Crippen LogP contribution in [-0.4, -0.2) is 24.8 Å². The topological polar surface area (TPSA) is 26.2 Å². The standard InChI is InChI=1S/C18H24N2O/c1-21-11-9-19-13-18-6-3-10-20(18)14-15-7-8-16-4-2-5-17(16)12-15/h3,6-8,10,12,19H,2,4-5,9,11,13-14H2,1H3. The van der Waals surface area contributed by atoms with Crippen molar-refractivity contribution in [3.63, 3.8) is 0 Å². The summed E-state index contributed by atoms with van der Waals surface area (Å²) in [6.45, 7) is 3.49. The van der Waals surface area contributed by atoms with Crippen LogP contribution in [0.4, 0.5) is 0 Å². The second-order valence-corrected chi connectivity index (χ2v) is 5.75. The fourth-order valence-corrected chi connectivity index (χ4v) is 3.08. The second kappa shape index (κ2) is 6.92. The van der Waals surface area contributed by atoms with Crippen molar-refractivity contribution < 1.29 is 4.74 Å². The summed E-state index contributed by atoms with van der Waals surface area (Å²) in [6, 6.07) is 11.3. The summed E-state index contributed by atoms with van der Waals surface area (Å²) in [7, 11) is 1.73. The predicted molar refractivity (Wildman–Crippen MR) is 85.6 cm³/mol. The van der Waals surface area contributed by atoms with Crippen LogP contribution >= 0.6 is 0 Å². The minimum Gasteiger partial charge on any atom is -0.383 e. The van der Waals surface area contributed by atoms with Crippen LogP contribution in [0.2, 0.25) is 0 Å². The summed E-state index contributed by atoms with van der Waals surface area (Å²) in [6.07, 6.45) is 5.99. The number of hydrogen-bond donors (Lipinski definition) is 1. The zero-order valence-electron chi connectivity index (χ0n) is 12.8. The van der Waals surface area contributed by atoms with Gasteiger partial charge in [-0.2, -0.15) is 0 Å². The first-order valence-corrected chi connectivity index (χ1v) is 7.81. The van der Waals surface area contributed by atoms with Crippen molar-refractivity contribution in [1.82, 2.24) is 9.88 Å². The van der Waals surface area contributed by atoms with E-state index in [9.17, 15) is 0 Å². The number of ether oxygens (including phenoxy) is 1. The summed E-state index contributed by atoms with van der Waals surface area (Å²) < 4.78 is 7.39. The zero-order chi connectivity index (χ0) is 14.5. The first kappa shape index (κ1) is 14.4. The van der Waals surface area contributed by atoms with Crippen LogP contribution in [-0.2, 0) is 30.7 Å². The number of hydrogen-bond acceptors (Lipinski definition) is 2. The molecule has 0 bridgehead atoms. The van der Waals surface area contributed by atoms with Gasteiger partial charge in [-0.3, -0.25) is 0 Å². The average Bonchev–Trinajstić information content (AvgIpc) is 3.12. The van der Waals surface area contributed by atoms with E-state index < -0.39 is 0 Å². The highest BCUT2D eigenvalue weighted by molar-refractivity contribution is 5.35. The molecule has 2 aromatic rings. The molecule has 0 amide bonds. The van der Waals surface area contributed by atoms with Gasteiger partial charge in [0.2, 0.25) is 0 Å². The van der Waals surface area contributed by atoms with E-state index in [-0.39, 0.29) is 0 Å². The molecule has 0 atom stereocenters. The average molecular weight is 284 g/mol. The molecule has 0 saturated heterocycles. The largest absolute Gasteiger partial charge is 0.383 e. The number of benzene rings is 1. The van der Waals surface area contributed by atoms with Gasteiger partial charge in [-0.1, -0.05) is 18.2 Å². The van der Waals surface area contributed by atoms with Crippen LogP contribution in [0.1, 0.15) is 28.8 Å². The molecule has 0 aliphatic heterocycles. The first-order chi connectivity index (χ1) is 10.4. The maximum atomic E-state index is 5.06. The van der Waals surface area contributed by atoms with Gasteiger partial charge in [0.25, 0.3) is 0 Å². The van der Waals surface area contributed by atoms with Crippen molar-refractivity contribution >= 4 is 0 Å². The van der Waals surface area contributed by atoms with E-state index in [0.29, 0.717) is 0 Å². The maximum absolute atomic E-state index is 5.06. The third kappa shape index (κ3) is 3.55. The van der Waals surface area contributed by atoms with Crippen molar-refractivity contribution in [3.05, 3.63) is 58.9 Å². The molecule has 1 aliphatic carbocycles. The lowest BCUT2D eigenvalue weighted by Gasteiger charge is -2.11. The van der Waals surface area contributed by atoms with Crippen LogP contribution in [0.15, 0.2) is 36.5 Å². The normalized spacial score (nSPS) is 13.6. The number of fused-ring (bicyclic) bond motifs is 1. The van der Waals surface area contributed by atoms with Gasteiger partial charge in [-0.25, -0.2) is 0 Å². The van der Waals surface area contributed by atoms with Crippen LogP contribution in [0, 0.1) is 0 Å². The van der Waals surface area contributed by atoms with Gasteiger partial charge in [0.15, 0.2) is 0 Å². The van der Waals surface area contributed by atoms with Gasteiger partial charge in [0, 0.05) is 38.6 Å². The van der Waals surface area contributed by atoms with Crippen molar-refractivity contribution in [3.8, 4) is 0 Å². The molecule has 1 aromatic heterocycles. The minimum absolute atomic E-state index is 0.755. The number of nitrogens with zero attached hydrogens (tertiary/aromatic N) is 1. The lowest BCUT2D eigenvalue weighted by Crippen LogP contribution is -2.20. The minimum atomic E-state index is 0.755. The van der Waals surface area contributed by atoms with Crippen molar-refractivity contribution in [2.45, 2.75) is 32.4 Å². The molecule has 0 saturated carbocycles. The Morgan fingerprint density at radius 2 is 2.10 bits per heavy atom. The number of nitrogens with one attached hydrogen (secondary N) is 1. The van der Waals surface area contributed by atoms with E-state index >= 15 is 0 Å².